The van der Waals surface area contributed by atoms with Crippen LogP contribution in [0.1, 0.15) is 24.8 Å². The highest BCUT2D eigenvalue weighted by Gasteiger charge is 2.51. The Bertz CT molecular complexity index is 745. The Morgan fingerprint density at radius 1 is 1.00 bits per heavy atom. The van der Waals surface area contributed by atoms with Gasteiger partial charge in [0.05, 0.1) is 11.8 Å². The molecule has 2 atom stereocenters. The van der Waals surface area contributed by atoms with Crippen LogP contribution in [-0.2, 0) is 20.9 Å². The molecule has 3 heterocycles. The fraction of sp³-hybridized carbons (Fsp3) is 0.550. The van der Waals surface area contributed by atoms with Gasteiger partial charge in [0.25, 0.3) is 0 Å². The lowest BCUT2D eigenvalue weighted by Crippen LogP contribution is -2.38. The van der Waals surface area contributed by atoms with Crippen LogP contribution in [0.25, 0.3) is 0 Å². The highest BCUT2D eigenvalue weighted by Crippen LogP contribution is 2.34. The molecule has 1 aromatic rings. The normalized spacial score (nSPS) is 25.7. The van der Waals surface area contributed by atoms with E-state index in [-0.39, 0.29) is 29.6 Å². The molecular formula is C20H24ClN3O3. The zero-order chi connectivity index (χ0) is 19.0. The van der Waals surface area contributed by atoms with Crippen LogP contribution in [0, 0.1) is 11.8 Å². The number of benzene rings is 1. The van der Waals surface area contributed by atoms with Crippen LogP contribution in [0.15, 0.2) is 24.3 Å². The average molecular weight is 390 g/mol. The minimum absolute atomic E-state index is 0.0561. The number of fused-ring (bicyclic) bond motifs is 1. The van der Waals surface area contributed by atoms with E-state index in [1.165, 1.54) is 4.90 Å². The summed E-state index contributed by atoms with van der Waals surface area (Å²) in [5.41, 5.74) is 1.02. The van der Waals surface area contributed by atoms with E-state index in [1.807, 2.05) is 29.2 Å². The van der Waals surface area contributed by atoms with E-state index in [0.717, 1.165) is 18.5 Å². The summed E-state index contributed by atoms with van der Waals surface area (Å²) in [5.74, 6) is -0.415. The molecule has 3 aliphatic rings. The molecule has 0 aromatic heterocycles. The topological polar surface area (TPSA) is 60.9 Å². The van der Waals surface area contributed by atoms with E-state index in [0.29, 0.717) is 50.6 Å². The minimum Gasteiger partial charge on any atom is -0.343 e. The number of amides is 3. The first kappa shape index (κ1) is 18.4. The third-order valence-electron chi connectivity index (χ3n) is 5.89. The zero-order valence-corrected chi connectivity index (χ0v) is 16.0. The summed E-state index contributed by atoms with van der Waals surface area (Å²) in [6, 6.07) is 7.68. The Labute approximate surface area is 164 Å². The van der Waals surface area contributed by atoms with Gasteiger partial charge in [-0.1, -0.05) is 29.8 Å². The maximum absolute atomic E-state index is 12.7. The fourth-order valence-corrected chi connectivity index (χ4v) is 4.67. The maximum atomic E-state index is 12.7. The second-order valence-corrected chi connectivity index (χ2v) is 8.07. The maximum Gasteiger partial charge on any atom is 0.234 e. The first-order chi connectivity index (χ1) is 13.0. The summed E-state index contributed by atoms with van der Waals surface area (Å²) in [7, 11) is 0. The van der Waals surface area contributed by atoms with E-state index in [9.17, 15) is 14.4 Å². The first-order valence-electron chi connectivity index (χ1n) is 9.63. The Kier molecular flexibility index (Phi) is 5.19. The van der Waals surface area contributed by atoms with Crippen molar-refractivity contribution in [1.29, 1.82) is 0 Å². The van der Waals surface area contributed by atoms with E-state index < -0.39 is 0 Å². The molecule has 0 radical (unpaired) electrons. The van der Waals surface area contributed by atoms with Crippen LogP contribution >= 0.6 is 11.6 Å². The molecule has 1 aromatic carbocycles. The molecule has 0 saturated carbocycles. The van der Waals surface area contributed by atoms with Gasteiger partial charge in [-0.15, -0.1) is 0 Å². The van der Waals surface area contributed by atoms with Crippen LogP contribution in [0.5, 0.6) is 0 Å². The van der Waals surface area contributed by atoms with Crippen molar-refractivity contribution in [3.05, 3.63) is 34.9 Å². The quantitative estimate of drug-likeness (QED) is 0.696. The summed E-state index contributed by atoms with van der Waals surface area (Å²) >= 11 is 6.23. The Morgan fingerprint density at radius 2 is 1.70 bits per heavy atom. The molecule has 0 N–H and O–H groups in total. The van der Waals surface area contributed by atoms with Crippen molar-refractivity contribution in [2.45, 2.75) is 25.8 Å². The lowest BCUT2D eigenvalue weighted by molar-refractivity contribution is -0.140. The van der Waals surface area contributed by atoms with Crippen molar-refractivity contribution in [2.24, 2.45) is 11.8 Å². The van der Waals surface area contributed by atoms with Gasteiger partial charge in [-0.05, 0) is 24.5 Å². The summed E-state index contributed by atoms with van der Waals surface area (Å²) in [4.78, 5) is 42.5. The van der Waals surface area contributed by atoms with Crippen LogP contribution in [0.2, 0.25) is 5.02 Å². The second kappa shape index (κ2) is 7.60. The third kappa shape index (κ3) is 3.60. The van der Waals surface area contributed by atoms with Gasteiger partial charge in [-0.2, -0.15) is 0 Å². The summed E-state index contributed by atoms with van der Waals surface area (Å²) < 4.78 is 0. The van der Waals surface area contributed by atoms with E-state index in [4.69, 9.17) is 11.6 Å². The number of rotatable bonds is 6. The predicted molar refractivity (Wildman–Crippen MR) is 101 cm³/mol. The van der Waals surface area contributed by atoms with Gasteiger partial charge >= 0.3 is 0 Å². The highest BCUT2D eigenvalue weighted by molar-refractivity contribution is 6.31. The van der Waals surface area contributed by atoms with E-state index in [1.54, 1.807) is 0 Å². The van der Waals surface area contributed by atoms with Crippen molar-refractivity contribution >= 4 is 29.3 Å². The number of carbonyl (C=O) groups is 3. The smallest absolute Gasteiger partial charge is 0.234 e. The number of carbonyl (C=O) groups excluding carboxylic acids is 3. The van der Waals surface area contributed by atoms with Gasteiger partial charge in [-0.3, -0.25) is 24.2 Å². The summed E-state index contributed by atoms with van der Waals surface area (Å²) in [5, 5.41) is 0.713. The van der Waals surface area contributed by atoms with Crippen molar-refractivity contribution in [1.82, 2.24) is 14.7 Å². The lowest BCUT2D eigenvalue weighted by atomic mass is 10.00. The average Bonchev–Trinajstić information content (AvgIpc) is 3.31. The Hall–Kier alpha value is -1.92. The molecule has 7 heteroatoms. The van der Waals surface area contributed by atoms with Crippen molar-refractivity contribution in [3.8, 4) is 0 Å². The van der Waals surface area contributed by atoms with Gasteiger partial charge < -0.3 is 4.90 Å². The van der Waals surface area contributed by atoms with Gasteiger partial charge in [0.15, 0.2) is 0 Å². The molecule has 3 aliphatic heterocycles. The molecule has 0 unspecified atom stereocenters. The molecule has 3 fully saturated rings. The number of likely N-dealkylation sites (tertiary alicyclic amines) is 3. The molecular weight excluding hydrogens is 366 g/mol. The monoisotopic (exact) mass is 389 g/mol. The molecule has 0 bridgehead atoms. The highest BCUT2D eigenvalue weighted by atomic mass is 35.5. The molecule has 0 aliphatic carbocycles. The van der Waals surface area contributed by atoms with Crippen molar-refractivity contribution in [2.75, 3.05) is 32.7 Å². The fourth-order valence-electron chi connectivity index (χ4n) is 4.47. The minimum atomic E-state index is -0.242. The van der Waals surface area contributed by atoms with Gasteiger partial charge in [0.2, 0.25) is 17.7 Å². The zero-order valence-electron chi connectivity index (χ0n) is 15.3. The van der Waals surface area contributed by atoms with Gasteiger partial charge in [-0.25, -0.2) is 0 Å². The number of imide groups is 1. The largest absolute Gasteiger partial charge is 0.343 e. The van der Waals surface area contributed by atoms with Crippen LogP contribution in [-0.4, -0.2) is 65.1 Å². The lowest BCUT2D eigenvalue weighted by Gasteiger charge is -2.22. The first-order valence-corrected chi connectivity index (χ1v) is 10.0. The number of halogens is 1. The van der Waals surface area contributed by atoms with Crippen LogP contribution < -0.4 is 0 Å². The molecule has 3 amide bonds. The standard InChI is InChI=1S/C20H24ClN3O3/c21-17-6-2-1-5-14(17)11-22-12-15-16(13-22)20(27)24(19(15)26)10-4-9-23-8-3-7-18(23)25/h1-2,5-6,15-16H,3-4,7-13H2/t15-,16+. The molecule has 144 valence electrons. The molecule has 3 saturated heterocycles. The molecule has 4 rings (SSSR count). The molecule has 27 heavy (non-hydrogen) atoms. The van der Waals surface area contributed by atoms with Crippen molar-refractivity contribution < 1.29 is 14.4 Å². The van der Waals surface area contributed by atoms with Crippen LogP contribution in [0.3, 0.4) is 0 Å². The Balaban J connectivity index is 1.31. The van der Waals surface area contributed by atoms with Crippen LogP contribution in [0.4, 0.5) is 0 Å². The second-order valence-electron chi connectivity index (χ2n) is 7.66. The van der Waals surface area contributed by atoms with Gasteiger partial charge in [0.1, 0.15) is 0 Å². The van der Waals surface area contributed by atoms with Crippen molar-refractivity contribution in [3.63, 3.8) is 0 Å². The summed E-state index contributed by atoms with van der Waals surface area (Å²) in [6.45, 7) is 3.69. The van der Waals surface area contributed by atoms with Gasteiger partial charge in [0, 0.05) is 50.7 Å². The number of hydrogen-bond donors (Lipinski definition) is 0. The molecule has 0 spiro atoms. The van der Waals surface area contributed by atoms with E-state index in [2.05, 4.69) is 4.90 Å². The number of nitrogens with zero attached hydrogens (tertiary/aromatic N) is 3. The third-order valence-corrected chi connectivity index (χ3v) is 6.26. The Morgan fingerprint density at radius 3 is 2.33 bits per heavy atom. The number of hydrogen-bond acceptors (Lipinski definition) is 4. The van der Waals surface area contributed by atoms with E-state index >= 15 is 0 Å². The molecule has 6 nitrogen and oxygen atoms in total. The SMILES string of the molecule is O=C1CCCN1CCCN1C(=O)[C@H]2CN(Cc3ccccc3Cl)C[C@H]2C1=O. The summed E-state index contributed by atoms with van der Waals surface area (Å²) in [6.07, 6.45) is 2.19. The predicted octanol–water partition coefficient (Wildman–Crippen LogP) is 1.77.